The molecule has 0 bridgehead atoms. The lowest BCUT2D eigenvalue weighted by Crippen LogP contribution is -2.07. The van der Waals surface area contributed by atoms with E-state index in [0.717, 1.165) is 4.90 Å². The smallest absolute Gasteiger partial charge is 0.315 e. The highest BCUT2D eigenvalue weighted by Gasteiger charge is 2.11. The lowest BCUT2D eigenvalue weighted by atomic mass is 10.4. The van der Waals surface area contributed by atoms with E-state index in [0.29, 0.717) is 23.3 Å². The van der Waals surface area contributed by atoms with Crippen molar-refractivity contribution in [2.24, 2.45) is 0 Å². The molecule has 0 amide bonds. The second-order valence-corrected chi connectivity index (χ2v) is 5.30. The Bertz CT molecular complexity index is 571. The Morgan fingerprint density at radius 2 is 2.00 bits per heavy atom. The maximum absolute atomic E-state index is 11.3. The first kappa shape index (κ1) is 14.9. The summed E-state index contributed by atoms with van der Waals surface area (Å²) >= 11 is 7.37. The number of rotatable bonds is 6. The van der Waals surface area contributed by atoms with Crippen LogP contribution in [-0.2, 0) is 21.7 Å². The summed E-state index contributed by atoms with van der Waals surface area (Å²) in [6.07, 6.45) is 0.00640. The number of hydrogen-bond acceptors (Lipinski definition) is 6. The standard InChI is InChI=1S/C13H13ClN2O3S/c1-2-18-13(17)7-11-15-16-12(19-11)8-20-10-5-3-9(14)4-6-10/h3-6H,2,7-8H2,1H3. The van der Waals surface area contributed by atoms with E-state index in [1.54, 1.807) is 18.7 Å². The van der Waals surface area contributed by atoms with Crippen LogP contribution in [0.2, 0.25) is 5.02 Å². The lowest BCUT2D eigenvalue weighted by Gasteiger charge is -1.98. The average molecular weight is 313 g/mol. The van der Waals surface area contributed by atoms with Crippen LogP contribution < -0.4 is 0 Å². The minimum atomic E-state index is -0.368. The Balaban J connectivity index is 1.86. The molecule has 0 fully saturated rings. The molecule has 0 aliphatic heterocycles. The van der Waals surface area contributed by atoms with Crippen LogP contribution in [-0.4, -0.2) is 22.8 Å². The third kappa shape index (κ3) is 4.54. The maximum atomic E-state index is 11.3. The Morgan fingerprint density at radius 3 is 2.70 bits per heavy atom. The largest absolute Gasteiger partial charge is 0.466 e. The van der Waals surface area contributed by atoms with E-state index in [1.807, 2.05) is 24.3 Å². The van der Waals surface area contributed by atoms with E-state index in [2.05, 4.69) is 10.2 Å². The summed E-state index contributed by atoms with van der Waals surface area (Å²) in [6.45, 7) is 2.09. The molecule has 0 saturated carbocycles. The normalized spacial score (nSPS) is 10.5. The van der Waals surface area contributed by atoms with Crippen LogP contribution in [0, 0.1) is 0 Å². The first-order chi connectivity index (χ1) is 9.67. The molecule has 0 radical (unpaired) electrons. The highest BCUT2D eigenvalue weighted by Crippen LogP contribution is 2.23. The molecule has 0 N–H and O–H groups in total. The monoisotopic (exact) mass is 312 g/mol. The van der Waals surface area contributed by atoms with Crippen molar-refractivity contribution >= 4 is 29.3 Å². The van der Waals surface area contributed by atoms with Gasteiger partial charge in [0.25, 0.3) is 0 Å². The zero-order valence-corrected chi connectivity index (χ0v) is 12.4. The first-order valence-electron chi connectivity index (χ1n) is 6.02. The van der Waals surface area contributed by atoms with Crippen molar-refractivity contribution in [1.82, 2.24) is 10.2 Å². The fourth-order valence-corrected chi connectivity index (χ4v) is 2.29. The molecule has 2 rings (SSSR count). The van der Waals surface area contributed by atoms with Crippen molar-refractivity contribution in [3.05, 3.63) is 41.1 Å². The van der Waals surface area contributed by atoms with Gasteiger partial charge in [0.15, 0.2) is 0 Å². The molecule has 2 aromatic rings. The van der Waals surface area contributed by atoms with E-state index in [-0.39, 0.29) is 18.3 Å². The number of thioether (sulfide) groups is 1. The SMILES string of the molecule is CCOC(=O)Cc1nnc(CSc2ccc(Cl)cc2)o1. The van der Waals surface area contributed by atoms with Gasteiger partial charge in [0.1, 0.15) is 6.42 Å². The van der Waals surface area contributed by atoms with Crippen LogP contribution in [0.3, 0.4) is 0 Å². The third-order valence-corrected chi connectivity index (χ3v) is 3.53. The van der Waals surface area contributed by atoms with Gasteiger partial charge in [0.2, 0.25) is 11.8 Å². The van der Waals surface area contributed by atoms with Gasteiger partial charge >= 0.3 is 5.97 Å². The van der Waals surface area contributed by atoms with Gasteiger partial charge in [-0.15, -0.1) is 22.0 Å². The maximum Gasteiger partial charge on any atom is 0.315 e. The number of carbonyl (C=O) groups is 1. The summed E-state index contributed by atoms with van der Waals surface area (Å²) in [7, 11) is 0. The van der Waals surface area contributed by atoms with Crippen LogP contribution in [0.25, 0.3) is 0 Å². The second-order valence-electron chi connectivity index (χ2n) is 3.81. The average Bonchev–Trinajstić information content (AvgIpc) is 2.86. The van der Waals surface area contributed by atoms with Gasteiger partial charge in [-0.2, -0.15) is 0 Å². The van der Waals surface area contributed by atoms with E-state index in [1.165, 1.54) is 0 Å². The molecule has 0 aliphatic rings. The minimum absolute atomic E-state index is 0.00640. The van der Waals surface area contributed by atoms with Gasteiger partial charge in [0, 0.05) is 9.92 Å². The van der Waals surface area contributed by atoms with Crippen LogP contribution in [0.15, 0.2) is 33.6 Å². The second kappa shape index (κ2) is 7.31. The summed E-state index contributed by atoms with van der Waals surface area (Å²) in [5.41, 5.74) is 0. The fraction of sp³-hybridized carbons (Fsp3) is 0.308. The molecule has 0 unspecified atom stereocenters. The van der Waals surface area contributed by atoms with Crippen molar-refractivity contribution in [3.8, 4) is 0 Å². The van der Waals surface area contributed by atoms with Gasteiger partial charge in [-0.3, -0.25) is 4.79 Å². The molecule has 106 valence electrons. The van der Waals surface area contributed by atoms with Gasteiger partial charge < -0.3 is 9.15 Å². The summed E-state index contributed by atoms with van der Waals surface area (Å²) < 4.78 is 10.2. The predicted octanol–water partition coefficient (Wildman–Crippen LogP) is 3.12. The molecule has 1 aromatic heterocycles. The number of benzene rings is 1. The molecule has 0 saturated heterocycles. The predicted molar refractivity (Wildman–Crippen MR) is 75.6 cm³/mol. The highest BCUT2D eigenvalue weighted by molar-refractivity contribution is 7.98. The molecule has 1 heterocycles. The van der Waals surface area contributed by atoms with Crippen LogP contribution in [0.1, 0.15) is 18.7 Å². The molecule has 20 heavy (non-hydrogen) atoms. The quantitative estimate of drug-likeness (QED) is 0.603. The molecular formula is C13H13ClN2O3S. The number of esters is 1. The third-order valence-electron chi connectivity index (χ3n) is 2.29. The minimum Gasteiger partial charge on any atom is -0.466 e. The highest BCUT2D eigenvalue weighted by atomic mass is 35.5. The Labute approximate surface area is 125 Å². The number of nitrogens with zero attached hydrogens (tertiary/aromatic N) is 2. The summed E-state index contributed by atoms with van der Waals surface area (Å²) in [5.74, 6) is 0.921. The summed E-state index contributed by atoms with van der Waals surface area (Å²) in [4.78, 5) is 12.3. The van der Waals surface area contributed by atoms with Gasteiger partial charge in [-0.1, -0.05) is 11.6 Å². The molecule has 1 aromatic carbocycles. The number of ether oxygens (including phenoxy) is 1. The van der Waals surface area contributed by atoms with Gasteiger partial charge in [0.05, 0.1) is 12.4 Å². The molecular weight excluding hydrogens is 300 g/mol. The van der Waals surface area contributed by atoms with E-state index in [9.17, 15) is 4.79 Å². The number of carbonyl (C=O) groups excluding carboxylic acids is 1. The molecule has 7 heteroatoms. The van der Waals surface area contributed by atoms with Crippen molar-refractivity contribution < 1.29 is 13.9 Å². The summed E-state index contributed by atoms with van der Waals surface area (Å²) in [6, 6.07) is 7.49. The molecule has 5 nitrogen and oxygen atoms in total. The van der Waals surface area contributed by atoms with Crippen molar-refractivity contribution in [2.45, 2.75) is 24.0 Å². The topological polar surface area (TPSA) is 65.2 Å². The summed E-state index contributed by atoms with van der Waals surface area (Å²) in [5, 5.41) is 8.40. The van der Waals surface area contributed by atoms with Crippen LogP contribution in [0.4, 0.5) is 0 Å². The Morgan fingerprint density at radius 1 is 1.30 bits per heavy atom. The van der Waals surface area contributed by atoms with Crippen molar-refractivity contribution in [3.63, 3.8) is 0 Å². The van der Waals surface area contributed by atoms with E-state index >= 15 is 0 Å². The first-order valence-corrected chi connectivity index (χ1v) is 7.39. The Hall–Kier alpha value is -1.53. The molecule has 0 atom stereocenters. The van der Waals surface area contributed by atoms with Gasteiger partial charge in [-0.25, -0.2) is 0 Å². The number of aromatic nitrogens is 2. The zero-order chi connectivity index (χ0) is 14.4. The fourth-order valence-electron chi connectivity index (χ4n) is 1.43. The zero-order valence-electron chi connectivity index (χ0n) is 10.8. The van der Waals surface area contributed by atoms with E-state index < -0.39 is 0 Å². The van der Waals surface area contributed by atoms with Crippen LogP contribution in [0.5, 0.6) is 0 Å². The van der Waals surface area contributed by atoms with Gasteiger partial charge in [-0.05, 0) is 31.2 Å². The number of halogens is 1. The van der Waals surface area contributed by atoms with Crippen molar-refractivity contribution in [2.75, 3.05) is 6.61 Å². The van der Waals surface area contributed by atoms with Crippen molar-refractivity contribution in [1.29, 1.82) is 0 Å². The molecule has 0 aliphatic carbocycles. The lowest BCUT2D eigenvalue weighted by molar-refractivity contribution is -0.142. The van der Waals surface area contributed by atoms with E-state index in [4.69, 9.17) is 20.8 Å². The Kier molecular flexibility index (Phi) is 5.43. The molecule has 0 spiro atoms. The van der Waals surface area contributed by atoms with Crippen LogP contribution >= 0.6 is 23.4 Å². The number of hydrogen-bond donors (Lipinski definition) is 0.